The van der Waals surface area contributed by atoms with Crippen molar-refractivity contribution in [2.75, 3.05) is 59.4 Å². The average Bonchev–Trinajstić information content (AvgIpc) is 3.46. The van der Waals surface area contributed by atoms with Crippen molar-refractivity contribution in [2.45, 2.75) is 25.2 Å². The van der Waals surface area contributed by atoms with Gasteiger partial charge in [0.05, 0.1) is 0 Å². The van der Waals surface area contributed by atoms with Crippen molar-refractivity contribution in [3.8, 4) is 0 Å². The average molecular weight is 362 g/mol. The van der Waals surface area contributed by atoms with Gasteiger partial charge in [-0.1, -0.05) is 25.1 Å². The molecule has 144 valence electrons. The molecular weight excluding hydrogens is 329 g/mol. The molecule has 1 heterocycles. The highest BCUT2D eigenvalue weighted by Gasteiger charge is 2.45. The van der Waals surface area contributed by atoms with E-state index >= 15 is 0 Å². The zero-order valence-corrected chi connectivity index (χ0v) is 16.1. The number of halogens is 1. The van der Waals surface area contributed by atoms with Crippen LogP contribution in [-0.2, 0) is 5.41 Å². The Kier molecular flexibility index (Phi) is 6.48. The van der Waals surface area contributed by atoms with Crippen LogP contribution >= 0.6 is 0 Å². The van der Waals surface area contributed by atoms with E-state index in [1.54, 1.807) is 19.2 Å². The van der Waals surface area contributed by atoms with E-state index in [1.165, 1.54) is 0 Å². The van der Waals surface area contributed by atoms with Gasteiger partial charge in [-0.3, -0.25) is 9.89 Å². The first-order valence-corrected chi connectivity index (χ1v) is 9.81. The highest BCUT2D eigenvalue weighted by atomic mass is 19.1. The third kappa shape index (κ3) is 4.74. The SMILES string of the molecule is CCN1CCN(CCNC(=NC)NCC2(c3ccccc3F)CC2)CC1. The van der Waals surface area contributed by atoms with Gasteiger partial charge in [0, 0.05) is 58.3 Å². The Labute approximate surface area is 156 Å². The highest BCUT2D eigenvalue weighted by molar-refractivity contribution is 5.79. The molecule has 3 rings (SSSR count). The molecular formula is C20H32FN5. The fraction of sp³-hybridized carbons (Fsp3) is 0.650. The van der Waals surface area contributed by atoms with Crippen LogP contribution in [0.4, 0.5) is 4.39 Å². The Morgan fingerprint density at radius 2 is 1.81 bits per heavy atom. The lowest BCUT2D eigenvalue weighted by Gasteiger charge is -2.34. The second kappa shape index (κ2) is 8.82. The maximum absolute atomic E-state index is 14.1. The van der Waals surface area contributed by atoms with Gasteiger partial charge < -0.3 is 15.5 Å². The van der Waals surface area contributed by atoms with Crippen molar-refractivity contribution < 1.29 is 4.39 Å². The second-order valence-electron chi connectivity index (χ2n) is 7.39. The quantitative estimate of drug-likeness (QED) is 0.573. The zero-order chi connectivity index (χ0) is 18.4. The lowest BCUT2D eigenvalue weighted by Crippen LogP contribution is -2.49. The summed E-state index contributed by atoms with van der Waals surface area (Å²) in [4.78, 5) is 9.30. The maximum atomic E-state index is 14.1. The normalized spacial score (nSPS) is 20.8. The van der Waals surface area contributed by atoms with E-state index in [1.807, 2.05) is 12.1 Å². The fourth-order valence-corrected chi connectivity index (χ4v) is 3.72. The van der Waals surface area contributed by atoms with Crippen molar-refractivity contribution in [3.05, 3.63) is 35.6 Å². The summed E-state index contributed by atoms with van der Waals surface area (Å²) in [5.41, 5.74) is 0.760. The minimum Gasteiger partial charge on any atom is -0.356 e. The predicted molar refractivity (Wildman–Crippen MR) is 105 cm³/mol. The Morgan fingerprint density at radius 1 is 1.12 bits per heavy atom. The molecule has 1 saturated heterocycles. The minimum atomic E-state index is -0.0963. The molecule has 0 radical (unpaired) electrons. The molecule has 2 N–H and O–H groups in total. The molecule has 0 atom stereocenters. The van der Waals surface area contributed by atoms with Crippen molar-refractivity contribution >= 4 is 5.96 Å². The van der Waals surface area contributed by atoms with Crippen LogP contribution in [0.5, 0.6) is 0 Å². The molecule has 1 aliphatic heterocycles. The summed E-state index contributed by atoms with van der Waals surface area (Å²) in [6, 6.07) is 7.14. The number of benzene rings is 1. The van der Waals surface area contributed by atoms with Gasteiger partial charge in [0.25, 0.3) is 0 Å². The van der Waals surface area contributed by atoms with Crippen LogP contribution in [0, 0.1) is 5.82 Å². The molecule has 1 aliphatic carbocycles. The number of hydrogen-bond donors (Lipinski definition) is 2. The summed E-state index contributed by atoms with van der Waals surface area (Å²) in [7, 11) is 1.79. The summed E-state index contributed by atoms with van der Waals surface area (Å²) in [6.07, 6.45) is 2.05. The highest BCUT2D eigenvalue weighted by Crippen LogP contribution is 2.48. The van der Waals surface area contributed by atoms with E-state index in [2.05, 4.69) is 32.3 Å². The maximum Gasteiger partial charge on any atom is 0.191 e. The van der Waals surface area contributed by atoms with Crippen LogP contribution in [0.3, 0.4) is 0 Å². The molecule has 1 saturated carbocycles. The fourth-order valence-electron chi connectivity index (χ4n) is 3.72. The number of likely N-dealkylation sites (N-methyl/N-ethyl adjacent to an activating group) is 1. The number of aliphatic imine (C=N–C) groups is 1. The summed E-state index contributed by atoms with van der Waals surface area (Å²) < 4.78 is 14.1. The van der Waals surface area contributed by atoms with Crippen molar-refractivity contribution in [3.63, 3.8) is 0 Å². The minimum absolute atomic E-state index is 0.0700. The van der Waals surface area contributed by atoms with Crippen LogP contribution in [0.15, 0.2) is 29.3 Å². The third-order valence-corrected chi connectivity index (χ3v) is 5.75. The van der Waals surface area contributed by atoms with Gasteiger partial charge in [-0.05, 0) is 31.0 Å². The second-order valence-corrected chi connectivity index (χ2v) is 7.39. The Bertz CT molecular complexity index is 606. The first-order chi connectivity index (χ1) is 12.7. The van der Waals surface area contributed by atoms with E-state index in [-0.39, 0.29) is 11.2 Å². The Balaban J connectivity index is 1.41. The van der Waals surface area contributed by atoms with Gasteiger partial charge in [0.1, 0.15) is 5.82 Å². The van der Waals surface area contributed by atoms with Crippen LogP contribution in [0.1, 0.15) is 25.3 Å². The van der Waals surface area contributed by atoms with Gasteiger partial charge in [-0.2, -0.15) is 0 Å². The predicted octanol–water partition coefficient (Wildman–Crippen LogP) is 1.66. The van der Waals surface area contributed by atoms with Crippen molar-refractivity contribution in [2.24, 2.45) is 4.99 Å². The van der Waals surface area contributed by atoms with Crippen molar-refractivity contribution in [1.82, 2.24) is 20.4 Å². The topological polar surface area (TPSA) is 42.9 Å². The number of nitrogens with zero attached hydrogens (tertiary/aromatic N) is 3. The van der Waals surface area contributed by atoms with Crippen LogP contribution < -0.4 is 10.6 Å². The van der Waals surface area contributed by atoms with Crippen LogP contribution in [-0.4, -0.2) is 75.2 Å². The Hall–Kier alpha value is -1.66. The van der Waals surface area contributed by atoms with Gasteiger partial charge in [0.15, 0.2) is 5.96 Å². The molecule has 0 spiro atoms. The van der Waals surface area contributed by atoms with E-state index in [4.69, 9.17) is 0 Å². The number of guanidine groups is 1. The molecule has 2 fully saturated rings. The summed E-state index contributed by atoms with van der Waals surface area (Å²) >= 11 is 0. The van der Waals surface area contributed by atoms with Crippen LogP contribution in [0.25, 0.3) is 0 Å². The van der Waals surface area contributed by atoms with Gasteiger partial charge in [0.2, 0.25) is 0 Å². The van der Waals surface area contributed by atoms with Crippen LogP contribution in [0.2, 0.25) is 0 Å². The largest absolute Gasteiger partial charge is 0.356 e. The van der Waals surface area contributed by atoms with E-state index < -0.39 is 0 Å². The molecule has 2 aliphatic rings. The van der Waals surface area contributed by atoms with Crippen molar-refractivity contribution in [1.29, 1.82) is 0 Å². The molecule has 5 nitrogen and oxygen atoms in total. The lowest BCUT2D eigenvalue weighted by atomic mass is 9.95. The Morgan fingerprint density at radius 3 is 2.42 bits per heavy atom. The molecule has 0 amide bonds. The van der Waals surface area contributed by atoms with E-state index in [9.17, 15) is 4.39 Å². The summed E-state index contributed by atoms with van der Waals surface area (Å²) in [5, 5.41) is 6.80. The third-order valence-electron chi connectivity index (χ3n) is 5.75. The lowest BCUT2D eigenvalue weighted by molar-refractivity contribution is 0.139. The number of piperazine rings is 1. The molecule has 26 heavy (non-hydrogen) atoms. The summed E-state index contributed by atoms with van der Waals surface area (Å²) in [6.45, 7) is 10.6. The first-order valence-electron chi connectivity index (χ1n) is 9.81. The smallest absolute Gasteiger partial charge is 0.191 e. The van der Waals surface area contributed by atoms with Gasteiger partial charge in [-0.15, -0.1) is 0 Å². The standard InChI is InChI=1S/C20H32FN5/c1-3-25-12-14-26(15-13-25)11-10-23-19(22-2)24-16-20(8-9-20)17-6-4-5-7-18(17)21/h4-7H,3,8-16H2,1-2H3,(H2,22,23,24). The molecule has 0 unspecified atom stereocenters. The molecule has 1 aromatic rings. The molecule has 1 aromatic carbocycles. The monoisotopic (exact) mass is 361 g/mol. The molecule has 0 aromatic heterocycles. The number of hydrogen-bond acceptors (Lipinski definition) is 3. The number of nitrogens with one attached hydrogen (secondary N) is 2. The number of rotatable bonds is 7. The van der Waals surface area contributed by atoms with Gasteiger partial charge >= 0.3 is 0 Å². The first kappa shape index (κ1) is 19.1. The van der Waals surface area contributed by atoms with Gasteiger partial charge in [-0.25, -0.2) is 4.39 Å². The van der Waals surface area contributed by atoms with E-state index in [0.717, 1.165) is 76.7 Å². The van der Waals surface area contributed by atoms with E-state index in [0.29, 0.717) is 0 Å². The summed E-state index contributed by atoms with van der Waals surface area (Å²) in [5.74, 6) is 0.709. The molecule has 0 bridgehead atoms. The molecule has 6 heteroatoms. The zero-order valence-electron chi connectivity index (χ0n) is 16.1.